The van der Waals surface area contributed by atoms with E-state index in [1.54, 1.807) is 33.7 Å². The molecule has 0 saturated heterocycles. The summed E-state index contributed by atoms with van der Waals surface area (Å²) in [6.45, 7) is 0.252. The van der Waals surface area contributed by atoms with Crippen molar-refractivity contribution in [1.29, 1.82) is 5.26 Å². The summed E-state index contributed by atoms with van der Waals surface area (Å²) in [6, 6.07) is 10.2. The van der Waals surface area contributed by atoms with Gasteiger partial charge in [0.25, 0.3) is 5.91 Å². The minimum atomic E-state index is -0.475. The van der Waals surface area contributed by atoms with Gasteiger partial charge < -0.3 is 14.6 Å². The molecule has 0 unspecified atom stereocenters. The van der Waals surface area contributed by atoms with Crippen LogP contribution in [0.4, 0.5) is 4.39 Å². The smallest absolute Gasteiger partial charge is 0.271 e. The topological polar surface area (TPSA) is 82.2 Å². The first-order valence-corrected chi connectivity index (χ1v) is 9.24. The largest absolute Gasteiger partial charge is 0.394 e. The number of nitriles is 1. The van der Waals surface area contributed by atoms with Crippen LogP contribution < -0.4 is 0 Å². The maximum Gasteiger partial charge on any atom is 0.271 e. The van der Waals surface area contributed by atoms with Gasteiger partial charge >= 0.3 is 0 Å². The molecule has 1 aliphatic heterocycles. The van der Waals surface area contributed by atoms with Gasteiger partial charge in [-0.05, 0) is 30.5 Å². The van der Waals surface area contributed by atoms with E-state index in [2.05, 4.69) is 11.1 Å². The minimum Gasteiger partial charge on any atom is -0.394 e. The number of rotatable bonds is 3. The summed E-state index contributed by atoms with van der Waals surface area (Å²) >= 11 is 0. The number of carbonyl (C=O) groups is 1. The van der Waals surface area contributed by atoms with Crippen LogP contribution in [0.2, 0.25) is 0 Å². The molecule has 7 heteroatoms. The van der Waals surface area contributed by atoms with Gasteiger partial charge in [0, 0.05) is 24.2 Å². The van der Waals surface area contributed by atoms with E-state index in [4.69, 9.17) is 5.26 Å². The summed E-state index contributed by atoms with van der Waals surface area (Å²) in [5.74, 6) is -0.637. The zero-order valence-corrected chi connectivity index (χ0v) is 15.0. The van der Waals surface area contributed by atoms with Crippen LogP contribution in [-0.4, -0.2) is 44.2 Å². The second-order valence-electron chi connectivity index (χ2n) is 7.32. The van der Waals surface area contributed by atoms with Crippen molar-refractivity contribution in [3.05, 3.63) is 53.6 Å². The Hall–Kier alpha value is -3.24. The van der Waals surface area contributed by atoms with Gasteiger partial charge in [-0.2, -0.15) is 5.26 Å². The molecule has 1 fully saturated rings. The Kier molecular flexibility index (Phi) is 3.71. The molecule has 1 aromatic carbocycles. The number of nitrogens with zero attached hydrogens (tertiary/aromatic N) is 4. The molecule has 1 saturated carbocycles. The lowest BCUT2D eigenvalue weighted by Crippen LogP contribution is -2.50. The first-order valence-electron chi connectivity index (χ1n) is 9.24. The van der Waals surface area contributed by atoms with E-state index in [1.165, 1.54) is 6.07 Å². The van der Waals surface area contributed by atoms with Crippen LogP contribution in [0.15, 0.2) is 36.5 Å². The molecule has 1 amide bonds. The fourth-order valence-electron chi connectivity index (χ4n) is 4.14. The molecule has 1 atom stereocenters. The number of hydrogen-bond acceptors (Lipinski definition) is 4. The monoisotopic (exact) mass is 376 g/mol. The zero-order chi connectivity index (χ0) is 19.4. The van der Waals surface area contributed by atoms with Crippen LogP contribution in [0.1, 0.15) is 28.9 Å². The Morgan fingerprint density at radius 1 is 1.29 bits per heavy atom. The Balaban J connectivity index is 1.79. The number of amides is 1. The fraction of sp³-hybridized carbons (Fsp3) is 0.286. The lowest BCUT2D eigenvalue weighted by Gasteiger charge is -2.36. The van der Waals surface area contributed by atoms with Gasteiger partial charge in [-0.15, -0.1) is 0 Å². The highest BCUT2D eigenvalue weighted by molar-refractivity contribution is 6.09. The summed E-state index contributed by atoms with van der Waals surface area (Å²) in [5, 5.41) is 18.9. The summed E-state index contributed by atoms with van der Waals surface area (Å²) < 4.78 is 15.7. The van der Waals surface area contributed by atoms with Crippen molar-refractivity contribution in [2.24, 2.45) is 0 Å². The van der Waals surface area contributed by atoms with Crippen LogP contribution in [0, 0.1) is 17.1 Å². The van der Waals surface area contributed by atoms with Crippen LogP contribution in [0.3, 0.4) is 0 Å². The molecule has 0 spiro atoms. The second kappa shape index (κ2) is 6.14. The van der Waals surface area contributed by atoms with Gasteiger partial charge in [0.15, 0.2) is 0 Å². The number of pyridine rings is 1. The molecule has 0 bridgehead atoms. The minimum absolute atomic E-state index is 0.143. The average Bonchev–Trinajstić information content (AvgIpc) is 3.50. The van der Waals surface area contributed by atoms with Crippen LogP contribution in [0.25, 0.3) is 22.2 Å². The van der Waals surface area contributed by atoms with Crippen molar-refractivity contribution in [2.45, 2.75) is 31.5 Å². The van der Waals surface area contributed by atoms with Gasteiger partial charge in [-0.25, -0.2) is 4.39 Å². The van der Waals surface area contributed by atoms with Crippen LogP contribution in [0.5, 0.6) is 0 Å². The number of aromatic nitrogens is 2. The summed E-state index contributed by atoms with van der Waals surface area (Å²) in [4.78, 5) is 19.5. The molecule has 2 aliphatic rings. The van der Waals surface area contributed by atoms with Crippen molar-refractivity contribution in [3.8, 4) is 17.2 Å². The number of fused-ring (bicyclic) bond motifs is 3. The predicted octanol–water partition coefficient (Wildman–Crippen LogP) is 2.69. The third-order valence-electron chi connectivity index (χ3n) is 5.55. The molecule has 3 aromatic rings. The van der Waals surface area contributed by atoms with Gasteiger partial charge in [0.05, 0.1) is 41.5 Å². The highest BCUT2D eigenvalue weighted by atomic mass is 19.1. The van der Waals surface area contributed by atoms with E-state index in [9.17, 15) is 14.3 Å². The number of carbonyl (C=O) groups excluding carboxylic acids is 1. The summed E-state index contributed by atoms with van der Waals surface area (Å²) in [6.07, 6.45) is 3.01. The van der Waals surface area contributed by atoms with Crippen molar-refractivity contribution in [1.82, 2.24) is 14.5 Å². The molecule has 1 aliphatic carbocycles. The quantitative estimate of drug-likeness (QED) is 0.762. The SMILES string of the molecule is N#Cc1ccc(-c2c3n(c4cc(F)cnc24)C[C@@H](CO)N(C2CC2)C3=O)cc1. The second-order valence-corrected chi connectivity index (χ2v) is 7.32. The zero-order valence-electron chi connectivity index (χ0n) is 15.0. The van der Waals surface area contributed by atoms with E-state index in [0.717, 1.165) is 24.6 Å². The number of aliphatic hydroxyl groups excluding tert-OH is 1. The maximum absolute atomic E-state index is 14.0. The first kappa shape index (κ1) is 16.9. The van der Waals surface area contributed by atoms with E-state index < -0.39 is 5.82 Å². The molecular weight excluding hydrogens is 359 g/mol. The molecule has 140 valence electrons. The van der Waals surface area contributed by atoms with E-state index in [-0.39, 0.29) is 24.6 Å². The molecule has 3 heterocycles. The van der Waals surface area contributed by atoms with Crippen molar-refractivity contribution < 1.29 is 14.3 Å². The van der Waals surface area contributed by atoms with Crippen molar-refractivity contribution in [3.63, 3.8) is 0 Å². The standard InChI is InChI=1S/C21H17FN4O2/c22-14-7-17-19(24-9-14)18(13-3-1-12(8-23)2-4-13)20-21(28)26(15-5-6-15)16(11-27)10-25(17)20/h1-4,7,9,15-16,27H,5-6,10-11H2/t16-/m0/s1. The molecule has 2 aromatic heterocycles. The Morgan fingerprint density at radius 3 is 2.68 bits per heavy atom. The third-order valence-corrected chi connectivity index (χ3v) is 5.55. The van der Waals surface area contributed by atoms with Crippen LogP contribution >= 0.6 is 0 Å². The van der Waals surface area contributed by atoms with Crippen molar-refractivity contribution >= 4 is 16.9 Å². The number of aliphatic hydroxyl groups is 1. The predicted molar refractivity (Wildman–Crippen MR) is 99.9 cm³/mol. The highest BCUT2D eigenvalue weighted by Gasteiger charge is 2.43. The number of benzene rings is 1. The van der Waals surface area contributed by atoms with Crippen molar-refractivity contribution in [2.75, 3.05) is 6.61 Å². The highest BCUT2D eigenvalue weighted by Crippen LogP contribution is 2.40. The fourth-order valence-corrected chi connectivity index (χ4v) is 4.14. The summed E-state index contributed by atoms with van der Waals surface area (Å²) in [5.41, 5.74) is 3.47. The molecule has 0 radical (unpaired) electrons. The van der Waals surface area contributed by atoms with Crippen LogP contribution in [-0.2, 0) is 6.54 Å². The third kappa shape index (κ3) is 2.42. The van der Waals surface area contributed by atoms with E-state index in [1.807, 2.05) is 0 Å². The Labute approximate surface area is 160 Å². The maximum atomic E-state index is 14.0. The average molecular weight is 376 g/mol. The number of hydrogen-bond donors (Lipinski definition) is 1. The molecule has 28 heavy (non-hydrogen) atoms. The first-order chi connectivity index (χ1) is 13.6. The normalized spacial score (nSPS) is 19.0. The number of halogens is 1. The van der Waals surface area contributed by atoms with Gasteiger partial charge in [-0.3, -0.25) is 9.78 Å². The van der Waals surface area contributed by atoms with Gasteiger partial charge in [0.2, 0.25) is 0 Å². The Morgan fingerprint density at radius 2 is 2.04 bits per heavy atom. The van der Waals surface area contributed by atoms with Gasteiger partial charge in [-0.1, -0.05) is 12.1 Å². The molecule has 5 rings (SSSR count). The summed E-state index contributed by atoms with van der Waals surface area (Å²) in [7, 11) is 0. The van der Waals surface area contributed by atoms with E-state index >= 15 is 0 Å². The van der Waals surface area contributed by atoms with Gasteiger partial charge in [0.1, 0.15) is 11.5 Å². The van der Waals surface area contributed by atoms with E-state index in [0.29, 0.717) is 34.4 Å². The lowest BCUT2D eigenvalue weighted by molar-refractivity contribution is 0.0466. The molecule has 1 N–H and O–H groups in total. The Bertz CT molecular complexity index is 1140. The lowest BCUT2D eigenvalue weighted by atomic mass is 10.0. The molecule has 6 nitrogen and oxygen atoms in total. The molecular formula is C21H17FN4O2.